The van der Waals surface area contributed by atoms with Gasteiger partial charge in [0.15, 0.2) is 0 Å². The molecule has 1 heterocycles. The summed E-state index contributed by atoms with van der Waals surface area (Å²) in [5.74, 6) is 0.731. The van der Waals surface area contributed by atoms with Crippen LogP contribution in [0.3, 0.4) is 0 Å². The van der Waals surface area contributed by atoms with Crippen LogP contribution in [0, 0.1) is 6.92 Å². The van der Waals surface area contributed by atoms with Crippen molar-refractivity contribution >= 4 is 11.9 Å². The molecule has 0 radical (unpaired) electrons. The lowest BCUT2D eigenvalue weighted by atomic mass is 9.92. The fourth-order valence-electron chi connectivity index (χ4n) is 2.97. The smallest absolute Gasteiger partial charge is 0.0230 e. The van der Waals surface area contributed by atoms with E-state index >= 15 is 0 Å². The van der Waals surface area contributed by atoms with Crippen LogP contribution in [0.1, 0.15) is 56.6 Å². The zero-order chi connectivity index (χ0) is 17.2. The fourth-order valence-corrected chi connectivity index (χ4v) is 3.94. The number of aryl methyl sites for hydroxylation is 1. The summed E-state index contributed by atoms with van der Waals surface area (Å²) >= 11 is 1.92. The molecule has 146 valence electrons. The van der Waals surface area contributed by atoms with Gasteiger partial charge in [-0.15, -0.1) is 0 Å². The Morgan fingerprint density at radius 2 is 1.50 bits per heavy atom. The van der Waals surface area contributed by atoms with E-state index in [0.717, 1.165) is 5.92 Å². The minimum absolute atomic E-state index is 0. The van der Waals surface area contributed by atoms with Crippen molar-refractivity contribution in [3.63, 3.8) is 0 Å². The molecule has 1 saturated heterocycles. The second kappa shape index (κ2) is 13.8. The van der Waals surface area contributed by atoms with Crippen LogP contribution in [-0.2, 0) is 0 Å². The Kier molecular flexibility index (Phi) is 13.1. The topological polar surface area (TPSA) is 66.2 Å². The monoisotopic (exact) mass is 377 g/mol. The first-order chi connectivity index (χ1) is 11.7. The predicted octanol–water partition coefficient (Wildman–Crippen LogP) is 5.04. The van der Waals surface area contributed by atoms with Gasteiger partial charge in [-0.1, -0.05) is 68.3 Å². The molecule has 0 spiro atoms. The van der Waals surface area contributed by atoms with Gasteiger partial charge >= 0.3 is 0 Å². The van der Waals surface area contributed by atoms with E-state index in [1.807, 2.05) is 11.9 Å². The van der Waals surface area contributed by atoms with Crippen molar-refractivity contribution < 1.29 is 11.0 Å². The standard InChI is InChI=1S/C19H23NS.C3H8.2H2O/c1-16-9-11-19(12-10-16)21-20-14-5-8-18(13-15-20)17-6-3-2-4-7-17;1-3-2;;/h2-4,6-7,9-12,18H,5,8,13-15H2,1H3;3H2,1-2H3;2*1H2. The molecule has 1 atom stereocenters. The quantitative estimate of drug-likeness (QED) is 0.703. The van der Waals surface area contributed by atoms with Crippen LogP contribution in [0.25, 0.3) is 0 Å². The molecule has 1 unspecified atom stereocenters. The first-order valence-electron chi connectivity index (χ1n) is 9.27. The van der Waals surface area contributed by atoms with Crippen LogP contribution in [0.5, 0.6) is 0 Å². The van der Waals surface area contributed by atoms with E-state index < -0.39 is 0 Å². The summed E-state index contributed by atoms with van der Waals surface area (Å²) in [4.78, 5) is 1.36. The Bertz CT molecular complexity index is 574. The second-order valence-corrected chi connectivity index (χ2v) is 7.75. The van der Waals surface area contributed by atoms with E-state index in [9.17, 15) is 0 Å². The number of hydrogen-bond donors (Lipinski definition) is 0. The lowest BCUT2D eigenvalue weighted by molar-refractivity contribution is 0.485. The molecule has 0 amide bonds. The molecular weight excluding hydrogens is 342 g/mol. The van der Waals surface area contributed by atoms with E-state index in [-0.39, 0.29) is 11.0 Å². The largest absolute Gasteiger partial charge is 0.412 e. The van der Waals surface area contributed by atoms with E-state index in [4.69, 9.17) is 0 Å². The van der Waals surface area contributed by atoms with Gasteiger partial charge in [-0.2, -0.15) is 0 Å². The minimum atomic E-state index is 0. The molecule has 2 aromatic rings. The summed E-state index contributed by atoms with van der Waals surface area (Å²) in [6, 6.07) is 19.9. The average Bonchev–Trinajstić information content (AvgIpc) is 2.84. The Hall–Kier alpha value is -1.33. The number of nitrogens with zero attached hydrogens (tertiary/aromatic N) is 1. The molecule has 1 aliphatic rings. The van der Waals surface area contributed by atoms with Crippen molar-refractivity contribution in [3.8, 4) is 0 Å². The summed E-state index contributed by atoms with van der Waals surface area (Å²) < 4.78 is 2.54. The maximum absolute atomic E-state index is 2.54. The summed E-state index contributed by atoms with van der Waals surface area (Å²) in [5.41, 5.74) is 2.85. The van der Waals surface area contributed by atoms with Gasteiger partial charge in [0.05, 0.1) is 0 Å². The second-order valence-electron chi connectivity index (χ2n) is 6.58. The summed E-state index contributed by atoms with van der Waals surface area (Å²) in [5, 5.41) is 0. The highest BCUT2D eigenvalue weighted by molar-refractivity contribution is 7.97. The molecule has 0 bridgehead atoms. The maximum atomic E-state index is 2.54. The molecular formula is C22H35NO2S. The van der Waals surface area contributed by atoms with Gasteiger partial charge in [0, 0.05) is 18.0 Å². The van der Waals surface area contributed by atoms with Gasteiger partial charge in [0.25, 0.3) is 0 Å². The first-order valence-corrected chi connectivity index (χ1v) is 10.0. The third-order valence-electron chi connectivity index (χ3n) is 4.21. The van der Waals surface area contributed by atoms with Crippen LogP contribution in [0.4, 0.5) is 0 Å². The zero-order valence-electron chi connectivity index (χ0n) is 16.4. The van der Waals surface area contributed by atoms with E-state index in [1.54, 1.807) is 0 Å². The number of hydrogen-bond acceptors (Lipinski definition) is 2. The lowest BCUT2D eigenvalue weighted by Gasteiger charge is -2.19. The van der Waals surface area contributed by atoms with E-state index in [1.165, 1.54) is 54.8 Å². The van der Waals surface area contributed by atoms with Gasteiger partial charge in [-0.05, 0) is 61.7 Å². The van der Waals surface area contributed by atoms with Crippen LogP contribution in [0.2, 0.25) is 0 Å². The summed E-state index contributed by atoms with van der Waals surface area (Å²) in [7, 11) is 0. The highest BCUT2D eigenvalue weighted by Crippen LogP contribution is 2.32. The minimum Gasteiger partial charge on any atom is -0.412 e. The van der Waals surface area contributed by atoms with Gasteiger partial charge in [-0.25, -0.2) is 4.31 Å². The van der Waals surface area contributed by atoms with Crippen molar-refractivity contribution in [2.24, 2.45) is 0 Å². The molecule has 0 aliphatic carbocycles. The van der Waals surface area contributed by atoms with Crippen LogP contribution < -0.4 is 0 Å². The molecule has 1 fully saturated rings. The maximum Gasteiger partial charge on any atom is 0.0230 e. The van der Waals surface area contributed by atoms with Crippen molar-refractivity contribution in [3.05, 3.63) is 65.7 Å². The Balaban J connectivity index is 0.00000117. The normalized spacial score (nSPS) is 17.0. The molecule has 3 nitrogen and oxygen atoms in total. The van der Waals surface area contributed by atoms with Gasteiger partial charge in [0.1, 0.15) is 0 Å². The highest BCUT2D eigenvalue weighted by Gasteiger charge is 2.18. The molecule has 3 rings (SSSR count). The van der Waals surface area contributed by atoms with E-state index in [2.05, 4.69) is 79.7 Å². The highest BCUT2D eigenvalue weighted by atomic mass is 32.2. The van der Waals surface area contributed by atoms with Crippen molar-refractivity contribution in [1.82, 2.24) is 4.31 Å². The van der Waals surface area contributed by atoms with Gasteiger partial charge < -0.3 is 11.0 Å². The summed E-state index contributed by atoms with van der Waals surface area (Å²) in [6.07, 6.45) is 5.12. The lowest BCUT2D eigenvalue weighted by Crippen LogP contribution is -2.16. The Morgan fingerprint density at radius 3 is 2.12 bits per heavy atom. The predicted molar refractivity (Wildman–Crippen MR) is 115 cm³/mol. The van der Waals surface area contributed by atoms with Gasteiger partial charge in [0.2, 0.25) is 0 Å². The van der Waals surface area contributed by atoms with Crippen molar-refractivity contribution in [2.45, 2.75) is 57.3 Å². The van der Waals surface area contributed by atoms with Crippen LogP contribution in [0.15, 0.2) is 59.5 Å². The van der Waals surface area contributed by atoms with E-state index in [0.29, 0.717) is 0 Å². The molecule has 26 heavy (non-hydrogen) atoms. The molecule has 0 saturated carbocycles. The first kappa shape index (κ1) is 24.7. The zero-order valence-corrected chi connectivity index (χ0v) is 17.2. The molecule has 4 N–H and O–H groups in total. The van der Waals surface area contributed by atoms with Crippen molar-refractivity contribution in [2.75, 3.05) is 13.1 Å². The van der Waals surface area contributed by atoms with Crippen LogP contribution in [-0.4, -0.2) is 28.3 Å². The number of rotatable bonds is 3. The molecule has 0 aromatic heterocycles. The Labute approximate surface area is 163 Å². The third-order valence-corrected chi connectivity index (χ3v) is 5.32. The third kappa shape index (κ3) is 8.37. The van der Waals surface area contributed by atoms with Crippen LogP contribution >= 0.6 is 11.9 Å². The van der Waals surface area contributed by atoms with Crippen molar-refractivity contribution in [1.29, 1.82) is 0 Å². The number of benzene rings is 2. The molecule has 4 heteroatoms. The molecule has 1 aliphatic heterocycles. The fraction of sp³-hybridized carbons (Fsp3) is 0.455. The molecule has 2 aromatic carbocycles. The summed E-state index contributed by atoms with van der Waals surface area (Å²) in [6.45, 7) is 8.77. The van der Waals surface area contributed by atoms with Gasteiger partial charge in [-0.3, -0.25) is 0 Å². The Morgan fingerprint density at radius 1 is 0.885 bits per heavy atom. The SMILES string of the molecule is CCC.Cc1ccc(SN2CCCC(c3ccccc3)CC2)cc1.O.O. The average molecular weight is 378 g/mol.